The average Bonchev–Trinajstić information content (AvgIpc) is 2.47. The highest BCUT2D eigenvalue weighted by Crippen LogP contribution is 2.45. The molecule has 1 aromatic carbocycles. The summed E-state index contributed by atoms with van der Waals surface area (Å²) in [6, 6.07) is 8.59. The minimum Gasteiger partial charge on any atom is -0.388 e. The summed E-state index contributed by atoms with van der Waals surface area (Å²) >= 11 is 0. The van der Waals surface area contributed by atoms with Crippen molar-refractivity contribution in [3.63, 3.8) is 0 Å². The first kappa shape index (κ1) is 13.1. The SMILES string of the molecule is NCC1(C2(O)CCCNC2)CCc2ccccc2C1. The molecule has 2 atom stereocenters. The van der Waals surface area contributed by atoms with E-state index in [-0.39, 0.29) is 5.41 Å². The van der Waals surface area contributed by atoms with Crippen LogP contribution in [0.5, 0.6) is 0 Å². The molecule has 0 amide bonds. The van der Waals surface area contributed by atoms with Gasteiger partial charge in [0.1, 0.15) is 0 Å². The van der Waals surface area contributed by atoms with Crippen LogP contribution in [0.2, 0.25) is 0 Å². The molecule has 0 aromatic heterocycles. The molecular weight excluding hydrogens is 236 g/mol. The van der Waals surface area contributed by atoms with Crippen molar-refractivity contribution >= 4 is 0 Å². The lowest BCUT2D eigenvalue weighted by atomic mass is 9.60. The quantitative estimate of drug-likeness (QED) is 0.750. The highest BCUT2D eigenvalue weighted by molar-refractivity contribution is 5.32. The second-order valence-electron chi connectivity index (χ2n) is 6.24. The third-order valence-corrected chi connectivity index (χ3v) is 5.26. The zero-order chi connectivity index (χ0) is 13.3. The minimum atomic E-state index is -0.645. The Morgan fingerprint density at radius 3 is 2.68 bits per heavy atom. The van der Waals surface area contributed by atoms with E-state index in [9.17, 15) is 5.11 Å². The summed E-state index contributed by atoms with van der Waals surface area (Å²) in [5.41, 5.74) is 8.12. The van der Waals surface area contributed by atoms with Crippen LogP contribution in [0.1, 0.15) is 30.4 Å². The maximum Gasteiger partial charge on any atom is 0.0843 e. The van der Waals surface area contributed by atoms with Gasteiger partial charge in [-0.1, -0.05) is 24.3 Å². The fraction of sp³-hybridized carbons (Fsp3) is 0.625. The fourth-order valence-electron chi connectivity index (χ4n) is 3.90. The van der Waals surface area contributed by atoms with Gasteiger partial charge in [0.25, 0.3) is 0 Å². The molecule has 3 nitrogen and oxygen atoms in total. The second kappa shape index (κ2) is 4.89. The monoisotopic (exact) mass is 260 g/mol. The van der Waals surface area contributed by atoms with E-state index in [2.05, 4.69) is 29.6 Å². The Labute approximate surface area is 115 Å². The molecule has 1 aliphatic heterocycles. The lowest BCUT2D eigenvalue weighted by molar-refractivity contribution is -0.102. The van der Waals surface area contributed by atoms with Crippen LogP contribution < -0.4 is 11.1 Å². The number of hydrogen-bond donors (Lipinski definition) is 3. The normalized spacial score (nSPS) is 34.8. The first-order chi connectivity index (χ1) is 9.19. The van der Waals surface area contributed by atoms with Crippen LogP contribution in [-0.4, -0.2) is 30.3 Å². The van der Waals surface area contributed by atoms with E-state index < -0.39 is 5.60 Å². The Morgan fingerprint density at radius 1 is 1.21 bits per heavy atom. The Balaban J connectivity index is 1.93. The molecule has 1 fully saturated rings. The predicted octanol–water partition coefficient (Wildman–Crippen LogP) is 1.23. The van der Waals surface area contributed by atoms with Crippen LogP contribution in [0, 0.1) is 5.41 Å². The molecule has 1 aromatic rings. The minimum absolute atomic E-state index is 0.158. The summed E-state index contributed by atoms with van der Waals surface area (Å²) in [4.78, 5) is 0. The van der Waals surface area contributed by atoms with Crippen LogP contribution in [0.15, 0.2) is 24.3 Å². The number of nitrogens with one attached hydrogen (secondary N) is 1. The van der Waals surface area contributed by atoms with Gasteiger partial charge in [-0.15, -0.1) is 0 Å². The van der Waals surface area contributed by atoms with Gasteiger partial charge in [0.2, 0.25) is 0 Å². The van der Waals surface area contributed by atoms with Gasteiger partial charge in [-0.25, -0.2) is 0 Å². The number of rotatable bonds is 2. The van der Waals surface area contributed by atoms with Gasteiger partial charge < -0.3 is 16.2 Å². The molecule has 2 aliphatic rings. The number of benzene rings is 1. The van der Waals surface area contributed by atoms with E-state index in [0.29, 0.717) is 13.1 Å². The Kier molecular flexibility index (Phi) is 3.37. The number of nitrogens with two attached hydrogens (primary N) is 1. The van der Waals surface area contributed by atoms with Crippen molar-refractivity contribution < 1.29 is 5.11 Å². The number of aliphatic hydroxyl groups is 1. The van der Waals surface area contributed by atoms with Crippen molar-refractivity contribution in [1.29, 1.82) is 0 Å². The summed E-state index contributed by atoms with van der Waals surface area (Å²) in [6.07, 6.45) is 4.87. The molecular formula is C16H24N2O. The second-order valence-corrected chi connectivity index (χ2v) is 6.24. The van der Waals surface area contributed by atoms with Crippen molar-refractivity contribution in [1.82, 2.24) is 5.32 Å². The maximum absolute atomic E-state index is 11.1. The van der Waals surface area contributed by atoms with Gasteiger partial charge in [-0.05, 0) is 49.8 Å². The first-order valence-corrected chi connectivity index (χ1v) is 7.39. The molecule has 0 spiro atoms. The lowest BCUT2D eigenvalue weighted by Gasteiger charge is -2.51. The molecule has 2 unspecified atom stereocenters. The van der Waals surface area contributed by atoms with Gasteiger partial charge in [-0.3, -0.25) is 0 Å². The average molecular weight is 260 g/mol. The lowest BCUT2D eigenvalue weighted by Crippen LogP contribution is -2.62. The maximum atomic E-state index is 11.1. The van der Waals surface area contributed by atoms with Crippen LogP contribution >= 0.6 is 0 Å². The number of piperidine rings is 1. The molecule has 0 bridgehead atoms. The standard InChI is InChI=1S/C16H24N2O/c17-11-15(16(19)7-3-9-18-12-16)8-6-13-4-1-2-5-14(13)10-15/h1-2,4-5,18-19H,3,6-12,17H2. The van der Waals surface area contributed by atoms with E-state index in [1.165, 1.54) is 11.1 Å². The third-order valence-electron chi connectivity index (χ3n) is 5.26. The van der Waals surface area contributed by atoms with Crippen LogP contribution in [0.3, 0.4) is 0 Å². The van der Waals surface area contributed by atoms with Crippen LogP contribution in [0.25, 0.3) is 0 Å². The molecule has 1 aliphatic carbocycles. The molecule has 0 saturated carbocycles. The van der Waals surface area contributed by atoms with Crippen molar-refractivity contribution in [3.8, 4) is 0 Å². The Morgan fingerprint density at radius 2 is 2.00 bits per heavy atom. The van der Waals surface area contributed by atoms with E-state index in [0.717, 1.165) is 38.6 Å². The van der Waals surface area contributed by atoms with Crippen molar-refractivity contribution in [3.05, 3.63) is 35.4 Å². The molecule has 104 valence electrons. The molecule has 1 saturated heterocycles. The summed E-state index contributed by atoms with van der Waals surface area (Å²) in [5, 5.41) is 14.5. The smallest absolute Gasteiger partial charge is 0.0843 e. The molecule has 3 heteroatoms. The van der Waals surface area contributed by atoms with Crippen molar-refractivity contribution in [2.75, 3.05) is 19.6 Å². The van der Waals surface area contributed by atoms with Crippen LogP contribution in [-0.2, 0) is 12.8 Å². The van der Waals surface area contributed by atoms with Gasteiger partial charge in [0.05, 0.1) is 5.60 Å². The number of β-amino-alcohol motifs (C(OH)–C–C–N with tert-alkyl or cyclic N) is 1. The summed E-state index contributed by atoms with van der Waals surface area (Å²) in [7, 11) is 0. The van der Waals surface area contributed by atoms with E-state index in [1.54, 1.807) is 0 Å². The summed E-state index contributed by atoms with van der Waals surface area (Å²) < 4.78 is 0. The fourth-order valence-corrected chi connectivity index (χ4v) is 3.90. The van der Waals surface area contributed by atoms with Crippen molar-refractivity contribution in [2.24, 2.45) is 11.1 Å². The molecule has 19 heavy (non-hydrogen) atoms. The predicted molar refractivity (Wildman–Crippen MR) is 77.0 cm³/mol. The van der Waals surface area contributed by atoms with Crippen molar-refractivity contribution in [2.45, 2.75) is 37.7 Å². The summed E-state index contributed by atoms with van der Waals surface area (Å²) in [6.45, 7) is 2.27. The molecule has 3 rings (SSSR count). The number of aryl methyl sites for hydroxylation is 1. The zero-order valence-electron chi connectivity index (χ0n) is 11.5. The highest BCUT2D eigenvalue weighted by atomic mass is 16.3. The largest absolute Gasteiger partial charge is 0.388 e. The number of hydrogen-bond acceptors (Lipinski definition) is 3. The van der Waals surface area contributed by atoms with Crippen LogP contribution in [0.4, 0.5) is 0 Å². The van der Waals surface area contributed by atoms with Gasteiger partial charge >= 0.3 is 0 Å². The zero-order valence-corrected chi connectivity index (χ0v) is 11.5. The Bertz CT molecular complexity index is 454. The van der Waals surface area contributed by atoms with E-state index >= 15 is 0 Å². The third kappa shape index (κ3) is 2.10. The number of fused-ring (bicyclic) bond motifs is 1. The molecule has 0 radical (unpaired) electrons. The van der Waals surface area contributed by atoms with Gasteiger partial charge in [-0.2, -0.15) is 0 Å². The molecule has 4 N–H and O–H groups in total. The highest BCUT2D eigenvalue weighted by Gasteiger charge is 2.50. The first-order valence-electron chi connectivity index (χ1n) is 7.39. The van der Waals surface area contributed by atoms with Gasteiger partial charge in [0, 0.05) is 18.5 Å². The van der Waals surface area contributed by atoms with E-state index in [1.807, 2.05) is 0 Å². The molecule has 1 heterocycles. The summed E-state index contributed by atoms with van der Waals surface area (Å²) in [5.74, 6) is 0. The topological polar surface area (TPSA) is 58.3 Å². The Hall–Kier alpha value is -0.900. The van der Waals surface area contributed by atoms with Gasteiger partial charge in [0.15, 0.2) is 0 Å². The van der Waals surface area contributed by atoms with E-state index in [4.69, 9.17) is 5.73 Å².